The second-order valence-corrected chi connectivity index (χ2v) is 11.2. The molecule has 0 heterocycles. The van der Waals surface area contributed by atoms with Gasteiger partial charge in [-0.3, -0.25) is 0 Å². The van der Waals surface area contributed by atoms with Crippen LogP contribution in [0.15, 0.2) is 109 Å². The van der Waals surface area contributed by atoms with Gasteiger partial charge in [0.15, 0.2) is 0 Å². The molecule has 0 amide bonds. The van der Waals surface area contributed by atoms with Crippen molar-refractivity contribution in [1.29, 1.82) is 0 Å². The maximum Gasteiger partial charge on any atom is 0.0837 e. The molecule has 1 heteroatoms. The summed E-state index contributed by atoms with van der Waals surface area (Å²) in [5.41, 5.74) is 8.44. The first kappa shape index (κ1) is 24.5. The van der Waals surface area contributed by atoms with Crippen molar-refractivity contribution >= 4 is 54.9 Å². The molecule has 6 aromatic rings. The Morgan fingerprint density at radius 3 is 1.05 bits per heavy atom. The lowest BCUT2D eigenvalue weighted by Crippen LogP contribution is -2.67. The predicted octanol–water partition coefficient (Wildman–Crippen LogP) is 8.34. The molecule has 0 radical (unpaired) electrons. The molecule has 0 aliphatic rings. The second kappa shape index (κ2) is 9.80. The highest BCUT2D eigenvalue weighted by molar-refractivity contribution is 7.14. The van der Waals surface area contributed by atoms with Gasteiger partial charge >= 0.3 is 0 Å². The fourth-order valence-electron chi connectivity index (χ4n) is 7.19. The van der Waals surface area contributed by atoms with E-state index in [-0.39, 0.29) is 0 Å². The lowest BCUT2D eigenvalue weighted by molar-refractivity contribution is 0.874. The summed E-state index contributed by atoms with van der Waals surface area (Å²) < 4.78 is 0. The Morgan fingerprint density at radius 1 is 0.421 bits per heavy atom. The Balaban J connectivity index is 1.86. The van der Waals surface area contributed by atoms with Crippen molar-refractivity contribution in [3.63, 3.8) is 0 Å². The molecule has 0 atom stereocenters. The van der Waals surface area contributed by atoms with Crippen LogP contribution in [0.25, 0.3) is 32.3 Å². The fourth-order valence-corrected chi connectivity index (χ4v) is 7.19. The molecule has 0 spiro atoms. The summed E-state index contributed by atoms with van der Waals surface area (Å²) in [6.45, 7) is 9.06. The number of hydrogen-bond acceptors (Lipinski definition) is 0. The molecular formula is C37H36B-. The van der Waals surface area contributed by atoms with E-state index in [4.69, 9.17) is 0 Å². The third-order valence-electron chi connectivity index (χ3n) is 9.11. The third kappa shape index (κ3) is 3.76. The van der Waals surface area contributed by atoms with Crippen LogP contribution in [0.1, 0.15) is 36.5 Å². The van der Waals surface area contributed by atoms with Crippen molar-refractivity contribution in [1.82, 2.24) is 0 Å². The van der Waals surface area contributed by atoms with Crippen molar-refractivity contribution in [3.05, 3.63) is 126 Å². The monoisotopic (exact) mass is 491 g/mol. The van der Waals surface area contributed by atoms with Gasteiger partial charge in [-0.25, -0.2) is 0 Å². The molecule has 0 saturated heterocycles. The average molecular weight is 492 g/mol. The summed E-state index contributed by atoms with van der Waals surface area (Å²) in [5.74, 6) is 0. The van der Waals surface area contributed by atoms with Crippen LogP contribution in [0.2, 0.25) is 6.32 Å². The zero-order valence-corrected chi connectivity index (χ0v) is 23.1. The zero-order chi connectivity index (χ0) is 26.3. The molecular weight excluding hydrogens is 455 g/mol. The number of fused-ring (bicyclic) bond motifs is 3. The van der Waals surface area contributed by atoms with E-state index in [1.165, 1.54) is 78.2 Å². The normalized spacial score (nSPS) is 12.0. The van der Waals surface area contributed by atoms with Crippen LogP contribution in [0.5, 0.6) is 0 Å². The van der Waals surface area contributed by atoms with Crippen LogP contribution in [0.3, 0.4) is 0 Å². The highest BCUT2D eigenvalue weighted by Crippen LogP contribution is 2.29. The summed E-state index contributed by atoms with van der Waals surface area (Å²) >= 11 is 0. The molecule has 188 valence electrons. The molecule has 0 bridgehead atoms. The Bertz CT molecular complexity index is 1590. The van der Waals surface area contributed by atoms with Gasteiger partial charge < -0.3 is 0 Å². The van der Waals surface area contributed by atoms with Gasteiger partial charge in [-0.15, -0.1) is 0 Å². The van der Waals surface area contributed by atoms with Gasteiger partial charge in [-0.2, -0.15) is 22.7 Å². The summed E-state index contributed by atoms with van der Waals surface area (Å²) in [4.78, 5) is 0. The molecule has 0 aromatic heterocycles. The Labute approximate surface area is 227 Å². The minimum absolute atomic E-state index is 1.11. The van der Waals surface area contributed by atoms with Crippen LogP contribution in [-0.2, 0) is 0 Å². The number of rotatable bonds is 6. The minimum Gasteiger partial charge on any atom is -0.192 e. The van der Waals surface area contributed by atoms with Crippen molar-refractivity contribution in [2.75, 3.05) is 0 Å². The second-order valence-electron chi connectivity index (χ2n) is 11.2. The number of hydrogen-bond donors (Lipinski definition) is 0. The van der Waals surface area contributed by atoms with Crippen LogP contribution >= 0.6 is 0 Å². The van der Waals surface area contributed by atoms with E-state index in [0.717, 1.165) is 6.32 Å². The van der Waals surface area contributed by atoms with E-state index in [2.05, 4.69) is 137 Å². The molecule has 0 unspecified atom stereocenters. The van der Waals surface area contributed by atoms with E-state index >= 15 is 0 Å². The van der Waals surface area contributed by atoms with E-state index < -0.39 is 6.15 Å². The summed E-state index contributed by atoms with van der Waals surface area (Å²) in [5, 5.41) is 8.25. The third-order valence-corrected chi connectivity index (χ3v) is 9.11. The summed E-state index contributed by atoms with van der Waals surface area (Å²) in [6.07, 6.45) is 2.16. The minimum atomic E-state index is -1.29. The quantitative estimate of drug-likeness (QED) is 0.206. The summed E-state index contributed by atoms with van der Waals surface area (Å²) in [7, 11) is 0. The highest BCUT2D eigenvalue weighted by Gasteiger charge is 2.33. The maximum atomic E-state index is 2.45. The zero-order valence-electron chi connectivity index (χ0n) is 23.1. The van der Waals surface area contributed by atoms with Crippen LogP contribution in [-0.4, -0.2) is 6.15 Å². The van der Waals surface area contributed by atoms with Gasteiger partial charge in [0.05, 0.1) is 6.15 Å². The van der Waals surface area contributed by atoms with Gasteiger partial charge in [-0.1, -0.05) is 145 Å². The Morgan fingerprint density at radius 2 is 0.737 bits per heavy atom. The SMILES string of the molecule is CCCC[B-](c1ccc(C)c2ccccc12)(c1ccc(C)c2ccccc12)c1ccc(C)c2ccccc12. The van der Waals surface area contributed by atoms with Gasteiger partial charge in [0.25, 0.3) is 0 Å². The summed E-state index contributed by atoms with van der Waals surface area (Å²) in [6, 6.07) is 41.6. The van der Waals surface area contributed by atoms with Crippen LogP contribution in [0.4, 0.5) is 0 Å². The Kier molecular flexibility index (Phi) is 6.32. The average Bonchev–Trinajstić information content (AvgIpc) is 2.96. The fraction of sp³-hybridized carbons (Fsp3) is 0.189. The smallest absolute Gasteiger partial charge is 0.0837 e. The van der Waals surface area contributed by atoms with Gasteiger partial charge in [0, 0.05) is 0 Å². The molecule has 0 saturated carbocycles. The van der Waals surface area contributed by atoms with Gasteiger partial charge in [0.2, 0.25) is 0 Å². The molecule has 6 rings (SSSR count). The molecule has 6 aromatic carbocycles. The van der Waals surface area contributed by atoms with E-state index in [1.807, 2.05) is 0 Å². The largest absolute Gasteiger partial charge is 0.192 e. The first-order valence-electron chi connectivity index (χ1n) is 14.2. The van der Waals surface area contributed by atoms with E-state index in [0.29, 0.717) is 0 Å². The number of unbranched alkanes of at least 4 members (excludes halogenated alkanes) is 1. The molecule has 0 aliphatic heterocycles. The topological polar surface area (TPSA) is 0 Å². The van der Waals surface area contributed by atoms with Gasteiger partial charge in [0.1, 0.15) is 0 Å². The molecule has 0 aliphatic carbocycles. The number of benzene rings is 6. The lowest BCUT2D eigenvalue weighted by Gasteiger charge is -2.46. The molecule has 0 fully saturated rings. The standard InChI is InChI=1S/C37H36B/c1-5-6-25-38(35-22-19-26(2)29-13-7-10-16-32(29)35,36-23-20-27(3)30-14-8-11-17-33(30)36)37-24-21-28(4)31-15-9-12-18-34(31)37/h7-24H,5-6,25H2,1-4H3/q-1. The molecule has 38 heavy (non-hydrogen) atoms. The van der Waals surface area contributed by atoms with E-state index in [9.17, 15) is 0 Å². The van der Waals surface area contributed by atoms with Crippen LogP contribution in [0, 0.1) is 20.8 Å². The van der Waals surface area contributed by atoms with Crippen LogP contribution < -0.4 is 16.4 Å². The highest BCUT2D eigenvalue weighted by atomic mass is 14.2. The first-order chi connectivity index (χ1) is 18.6. The maximum absolute atomic E-state index is 2.45. The van der Waals surface area contributed by atoms with E-state index in [1.54, 1.807) is 0 Å². The Hall–Kier alpha value is -3.84. The predicted molar refractivity (Wildman–Crippen MR) is 170 cm³/mol. The van der Waals surface area contributed by atoms with Crippen molar-refractivity contribution in [2.45, 2.75) is 46.9 Å². The van der Waals surface area contributed by atoms with Crippen molar-refractivity contribution in [2.24, 2.45) is 0 Å². The molecule has 0 nitrogen and oxygen atoms in total. The number of aryl methyl sites for hydroxylation is 3. The first-order valence-corrected chi connectivity index (χ1v) is 14.2. The van der Waals surface area contributed by atoms with Crippen molar-refractivity contribution < 1.29 is 0 Å². The molecule has 0 N–H and O–H groups in total. The lowest BCUT2D eigenvalue weighted by atomic mass is 9.13. The van der Waals surface area contributed by atoms with Crippen molar-refractivity contribution in [3.8, 4) is 0 Å². The van der Waals surface area contributed by atoms with Gasteiger partial charge in [-0.05, 0) is 53.6 Å².